The van der Waals surface area contributed by atoms with Gasteiger partial charge in [-0.2, -0.15) is 18.2 Å². The minimum absolute atomic E-state index is 0.0201. The van der Waals surface area contributed by atoms with Crippen molar-refractivity contribution in [1.29, 1.82) is 0 Å². The molecule has 194 valence electrons. The fourth-order valence-corrected chi connectivity index (χ4v) is 4.05. The van der Waals surface area contributed by atoms with E-state index in [0.717, 1.165) is 11.9 Å². The highest BCUT2D eigenvalue weighted by Gasteiger charge is 2.30. The highest BCUT2D eigenvalue weighted by molar-refractivity contribution is 5.89. The van der Waals surface area contributed by atoms with E-state index in [9.17, 15) is 13.2 Å². The molecule has 0 unspecified atom stereocenters. The van der Waals surface area contributed by atoms with Crippen LogP contribution in [0.15, 0.2) is 73.2 Å². The van der Waals surface area contributed by atoms with Crippen molar-refractivity contribution >= 4 is 16.7 Å². The summed E-state index contributed by atoms with van der Waals surface area (Å²) in [7, 11) is 0. The van der Waals surface area contributed by atoms with E-state index in [1.165, 1.54) is 22.9 Å². The van der Waals surface area contributed by atoms with Gasteiger partial charge >= 0.3 is 6.18 Å². The summed E-state index contributed by atoms with van der Waals surface area (Å²) in [5, 5.41) is 0. The third-order valence-electron chi connectivity index (χ3n) is 5.68. The molecule has 3 heterocycles. The SMILES string of the molecule is Cc1cc(N)cnc1-c1cc2ncnc(OCC(F)(F)F)c2n1-c1ccc(OCc2ccccc2)cc1F. The maximum atomic E-state index is 15.6. The molecule has 0 atom stereocenters. The van der Waals surface area contributed by atoms with Crippen LogP contribution in [0.3, 0.4) is 0 Å². The Labute approximate surface area is 214 Å². The monoisotopic (exact) mass is 523 g/mol. The second-order valence-electron chi connectivity index (χ2n) is 8.50. The first-order chi connectivity index (χ1) is 18.2. The third kappa shape index (κ3) is 5.22. The van der Waals surface area contributed by atoms with Gasteiger partial charge in [0.05, 0.1) is 34.5 Å². The second-order valence-corrected chi connectivity index (χ2v) is 8.50. The first kappa shape index (κ1) is 25.0. The predicted molar refractivity (Wildman–Crippen MR) is 134 cm³/mol. The van der Waals surface area contributed by atoms with Crippen LogP contribution in [-0.4, -0.2) is 32.3 Å². The van der Waals surface area contributed by atoms with Gasteiger partial charge in [0.1, 0.15) is 24.2 Å². The van der Waals surface area contributed by atoms with Crippen LogP contribution in [0.2, 0.25) is 0 Å². The molecule has 7 nitrogen and oxygen atoms in total. The molecule has 5 rings (SSSR count). The van der Waals surface area contributed by atoms with Crippen molar-refractivity contribution in [3.8, 4) is 28.7 Å². The Morgan fingerprint density at radius 3 is 2.45 bits per heavy atom. The van der Waals surface area contributed by atoms with Crippen LogP contribution in [0.25, 0.3) is 28.1 Å². The Balaban J connectivity index is 1.63. The quantitative estimate of drug-likeness (QED) is 0.262. The van der Waals surface area contributed by atoms with Gasteiger partial charge in [-0.25, -0.2) is 9.37 Å². The van der Waals surface area contributed by atoms with Gasteiger partial charge in [0.15, 0.2) is 12.4 Å². The molecular weight excluding hydrogens is 502 g/mol. The van der Waals surface area contributed by atoms with Crippen molar-refractivity contribution in [3.05, 3.63) is 90.1 Å². The lowest BCUT2D eigenvalue weighted by atomic mass is 10.1. The summed E-state index contributed by atoms with van der Waals surface area (Å²) in [4.78, 5) is 12.5. The van der Waals surface area contributed by atoms with E-state index in [-0.39, 0.29) is 35.0 Å². The van der Waals surface area contributed by atoms with E-state index < -0.39 is 18.6 Å². The van der Waals surface area contributed by atoms with Crippen LogP contribution in [0.5, 0.6) is 11.6 Å². The molecule has 38 heavy (non-hydrogen) atoms. The lowest BCUT2D eigenvalue weighted by Gasteiger charge is -2.16. The minimum Gasteiger partial charge on any atom is -0.489 e. The molecule has 2 N–H and O–H groups in total. The van der Waals surface area contributed by atoms with Crippen molar-refractivity contribution in [1.82, 2.24) is 19.5 Å². The normalized spacial score (nSPS) is 11.6. The summed E-state index contributed by atoms with van der Waals surface area (Å²) < 4.78 is 66.6. The number of hydrogen-bond donors (Lipinski definition) is 1. The maximum absolute atomic E-state index is 15.6. The largest absolute Gasteiger partial charge is 0.489 e. The van der Waals surface area contributed by atoms with Crippen molar-refractivity contribution < 1.29 is 27.0 Å². The number of benzene rings is 2. The third-order valence-corrected chi connectivity index (χ3v) is 5.68. The Kier molecular flexibility index (Phi) is 6.58. The Morgan fingerprint density at radius 2 is 1.74 bits per heavy atom. The van der Waals surface area contributed by atoms with Crippen LogP contribution < -0.4 is 15.2 Å². The average Bonchev–Trinajstić information content (AvgIpc) is 3.26. The molecule has 0 fully saturated rings. The summed E-state index contributed by atoms with van der Waals surface area (Å²) in [6.07, 6.45) is -2.08. The molecule has 5 aromatic rings. The number of nitrogens with zero attached hydrogens (tertiary/aromatic N) is 4. The molecule has 0 spiro atoms. The summed E-state index contributed by atoms with van der Waals surface area (Å²) >= 11 is 0. The van der Waals surface area contributed by atoms with Gasteiger partial charge in [0.2, 0.25) is 5.88 Å². The summed E-state index contributed by atoms with van der Waals surface area (Å²) in [5.74, 6) is -0.761. The van der Waals surface area contributed by atoms with Crippen LogP contribution in [0.4, 0.5) is 23.2 Å². The Morgan fingerprint density at radius 1 is 0.947 bits per heavy atom. The van der Waals surface area contributed by atoms with E-state index in [0.29, 0.717) is 22.6 Å². The van der Waals surface area contributed by atoms with Gasteiger partial charge in [0.25, 0.3) is 0 Å². The maximum Gasteiger partial charge on any atom is 0.422 e. The number of halogens is 4. The van der Waals surface area contributed by atoms with Gasteiger partial charge in [0, 0.05) is 6.07 Å². The number of ether oxygens (including phenoxy) is 2. The molecule has 0 aliphatic heterocycles. The molecule has 0 aliphatic carbocycles. The van der Waals surface area contributed by atoms with Gasteiger partial charge in [-0.3, -0.25) is 9.55 Å². The zero-order valence-corrected chi connectivity index (χ0v) is 20.0. The number of nitrogens with two attached hydrogens (primary N) is 1. The number of rotatable bonds is 7. The molecule has 0 saturated carbocycles. The van der Waals surface area contributed by atoms with Crippen molar-refractivity contribution in [2.45, 2.75) is 19.7 Å². The molecule has 11 heteroatoms. The molecule has 0 bridgehead atoms. The lowest BCUT2D eigenvalue weighted by molar-refractivity contribution is -0.153. The van der Waals surface area contributed by atoms with E-state index >= 15 is 4.39 Å². The second kappa shape index (κ2) is 10.0. The molecular formula is C27H21F4N5O2. The zero-order valence-electron chi connectivity index (χ0n) is 20.0. The van der Waals surface area contributed by atoms with Crippen molar-refractivity contribution in [2.75, 3.05) is 12.3 Å². The molecule has 0 amide bonds. The number of anilines is 1. The van der Waals surface area contributed by atoms with E-state index in [1.54, 1.807) is 25.1 Å². The first-order valence-corrected chi connectivity index (χ1v) is 11.4. The van der Waals surface area contributed by atoms with Crippen molar-refractivity contribution in [3.63, 3.8) is 0 Å². The predicted octanol–water partition coefficient (Wildman–Crippen LogP) is 6.03. The highest BCUT2D eigenvalue weighted by atomic mass is 19.4. The number of hydrogen-bond acceptors (Lipinski definition) is 6. The average molecular weight is 523 g/mol. The standard InChI is InChI=1S/C27H21F4N5O2/c1-16-9-18(32)12-33-24(16)23-11-21-25(26(35-15-34-21)38-14-27(29,30)31)36(23)22-8-7-19(10-20(22)28)37-13-17-5-3-2-4-6-17/h2-12,15H,13-14,32H2,1H3. The summed E-state index contributed by atoms with van der Waals surface area (Å²) in [5.41, 5.74) is 8.98. The molecule has 0 aliphatic rings. The number of pyridine rings is 1. The smallest absolute Gasteiger partial charge is 0.422 e. The lowest BCUT2D eigenvalue weighted by Crippen LogP contribution is -2.20. The number of aromatic nitrogens is 4. The number of aryl methyl sites for hydroxylation is 1. The topological polar surface area (TPSA) is 88.1 Å². The van der Waals surface area contributed by atoms with Gasteiger partial charge in [-0.1, -0.05) is 30.3 Å². The highest BCUT2D eigenvalue weighted by Crippen LogP contribution is 2.37. The first-order valence-electron chi connectivity index (χ1n) is 11.4. The van der Waals surface area contributed by atoms with Crippen LogP contribution >= 0.6 is 0 Å². The zero-order chi connectivity index (χ0) is 26.9. The Bertz CT molecular complexity index is 1600. The van der Waals surface area contributed by atoms with Gasteiger partial charge in [-0.05, 0) is 42.3 Å². The van der Waals surface area contributed by atoms with Crippen molar-refractivity contribution in [2.24, 2.45) is 0 Å². The molecule has 3 aromatic heterocycles. The molecule has 0 saturated heterocycles. The number of alkyl halides is 3. The van der Waals surface area contributed by atoms with Crippen LogP contribution in [0.1, 0.15) is 11.1 Å². The number of fused-ring (bicyclic) bond motifs is 1. The summed E-state index contributed by atoms with van der Waals surface area (Å²) in [6.45, 7) is 0.424. The molecule has 0 radical (unpaired) electrons. The minimum atomic E-state index is -4.60. The fraction of sp³-hybridized carbons (Fsp3) is 0.148. The Hall–Kier alpha value is -4.67. The van der Waals surface area contributed by atoms with E-state index in [2.05, 4.69) is 15.0 Å². The molecule has 2 aromatic carbocycles. The van der Waals surface area contributed by atoms with Gasteiger partial charge < -0.3 is 15.2 Å². The van der Waals surface area contributed by atoms with Gasteiger partial charge in [-0.15, -0.1) is 0 Å². The fourth-order valence-electron chi connectivity index (χ4n) is 4.05. The van der Waals surface area contributed by atoms with E-state index in [1.807, 2.05) is 30.3 Å². The van der Waals surface area contributed by atoms with Crippen LogP contribution in [0, 0.1) is 12.7 Å². The van der Waals surface area contributed by atoms with Crippen LogP contribution in [-0.2, 0) is 6.61 Å². The summed E-state index contributed by atoms with van der Waals surface area (Å²) in [6, 6.07) is 16.9. The van der Waals surface area contributed by atoms with E-state index in [4.69, 9.17) is 15.2 Å². The number of nitrogen functional groups attached to an aromatic ring is 1.